The molecule has 0 aliphatic carbocycles. The molecule has 0 fully saturated rings. The molecule has 0 aliphatic heterocycles. The number of anilines is 3. The summed E-state index contributed by atoms with van der Waals surface area (Å²) in [5.74, 6) is 1.55. The van der Waals surface area contributed by atoms with Crippen molar-refractivity contribution >= 4 is 17.3 Å². The topological polar surface area (TPSA) is 49.8 Å². The monoisotopic (exact) mass is 322 g/mol. The fraction of sp³-hybridized carbons (Fsp3) is 0.158. The number of benzene rings is 2. The number of hydrogen-bond acceptors (Lipinski definition) is 4. The Balaban J connectivity index is 1.77. The predicted octanol–water partition coefficient (Wildman–Crippen LogP) is 4.59. The van der Waals surface area contributed by atoms with Crippen molar-refractivity contribution in [3.8, 4) is 0 Å². The van der Waals surface area contributed by atoms with Gasteiger partial charge < -0.3 is 10.6 Å². The maximum absolute atomic E-state index is 13.8. The van der Waals surface area contributed by atoms with Gasteiger partial charge in [0.1, 0.15) is 23.3 Å². The summed E-state index contributed by atoms with van der Waals surface area (Å²) in [5, 5.41) is 6.30. The van der Waals surface area contributed by atoms with E-state index in [4.69, 9.17) is 0 Å². The zero-order valence-electron chi connectivity index (χ0n) is 13.7. The van der Waals surface area contributed by atoms with Crippen LogP contribution in [-0.4, -0.2) is 9.97 Å². The largest absolute Gasteiger partial charge is 0.366 e. The lowest BCUT2D eigenvalue weighted by Crippen LogP contribution is -2.06. The van der Waals surface area contributed by atoms with Crippen LogP contribution in [0.2, 0.25) is 0 Å². The van der Waals surface area contributed by atoms with Gasteiger partial charge in [0, 0.05) is 12.6 Å². The highest BCUT2D eigenvalue weighted by Crippen LogP contribution is 2.20. The summed E-state index contributed by atoms with van der Waals surface area (Å²) in [6.07, 6.45) is 0. The first-order valence-corrected chi connectivity index (χ1v) is 7.77. The van der Waals surface area contributed by atoms with Gasteiger partial charge in [0.05, 0.1) is 5.69 Å². The minimum atomic E-state index is -0.316. The first-order valence-electron chi connectivity index (χ1n) is 7.77. The Labute approximate surface area is 140 Å². The molecule has 4 nitrogen and oxygen atoms in total. The van der Waals surface area contributed by atoms with Crippen molar-refractivity contribution in [3.63, 3.8) is 0 Å². The fourth-order valence-corrected chi connectivity index (χ4v) is 2.42. The molecule has 2 N–H and O–H groups in total. The predicted molar refractivity (Wildman–Crippen MR) is 95.0 cm³/mol. The average Bonchev–Trinajstić information content (AvgIpc) is 2.56. The van der Waals surface area contributed by atoms with E-state index < -0.39 is 0 Å². The molecule has 122 valence electrons. The third kappa shape index (κ3) is 3.87. The van der Waals surface area contributed by atoms with Crippen molar-refractivity contribution in [1.82, 2.24) is 9.97 Å². The Hall–Kier alpha value is -2.95. The van der Waals surface area contributed by atoms with Gasteiger partial charge in [-0.15, -0.1) is 0 Å². The lowest BCUT2D eigenvalue weighted by molar-refractivity contribution is 0.632. The number of para-hydroxylation sites is 1. The van der Waals surface area contributed by atoms with Crippen LogP contribution < -0.4 is 10.6 Å². The molecule has 0 saturated carbocycles. The molecule has 0 aliphatic rings. The second kappa shape index (κ2) is 7.08. The third-order valence-corrected chi connectivity index (χ3v) is 3.70. The Bertz CT molecular complexity index is 848. The molecule has 0 spiro atoms. The van der Waals surface area contributed by atoms with E-state index in [9.17, 15) is 4.39 Å². The average molecular weight is 322 g/mol. The molecule has 0 bridgehead atoms. The number of nitrogens with zero attached hydrogens (tertiary/aromatic N) is 2. The van der Waals surface area contributed by atoms with Gasteiger partial charge in [-0.3, -0.25) is 0 Å². The van der Waals surface area contributed by atoms with Crippen molar-refractivity contribution in [3.05, 3.63) is 77.4 Å². The molecule has 24 heavy (non-hydrogen) atoms. The fourth-order valence-electron chi connectivity index (χ4n) is 2.42. The highest BCUT2D eigenvalue weighted by Gasteiger charge is 2.06. The van der Waals surface area contributed by atoms with Crippen LogP contribution in [0.1, 0.15) is 17.0 Å². The summed E-state index contributed by atoms with van der Waals surface area (Å²) in [5.41, 5.74) is 2.82. The first kappa shape index (κ1) is 15.9. The lowest BCUT2D eigenvalue weighted by atomic mass is 10.1. The Morgan fingerprint density at radius 2 is 1.62 bits per heavy atom. The molecule has 0 amide bonds. The molecule has 0 radical (unpaired) electrons. The highest BCUT2D eigenvalue weighted by atomic mass is 19.1. The number of hydrogen-bond donors (Lipinski definition) is 2. The van der Waals surface area contributed by atoms with Gasteiger partial charge in [0.2, 0.25) is 0 Å². The van der Waals surface area contributed by atoms with Crippen LogP contribution in [0.25, 0.3) is 0 Å². The molecule has 0 atom stereocenters. The van der Waals surface area contributed by atoms with Gasteiger partial charge in [0.15, 0.2) is 0 Å². The van der Waals surface area contributed by atoms with E-state index in [0.717, 1.165) is 0 Å². The van der Waals surface area contributed by atoms with E-state index in [1.54, 1.807) is 24.3 Å². The van der Waals surface area contributed by atoms with E-state index in [1.807, 2.05) is 19.1 Å². The van der Waals surface area contributed by atoms with Gasteiger partial charge in [0.25, 0.3) is 0 Å². The summed E-state index contributed by atoms with van der Waals surface area (Å²) in [6.45, 7) is 4.56. The second-order valence-corrected chi connectivity index (χ2v) is 5.57. The van der Waals surface area contributed by atoms with Crippen LogP contribution in [-0.2, 0) is 6.54 Å². The molecule has 5 heteroatoms. The second-order valence-electron chi connectivity index (χ2n) is 5.57. The molecule has 1 aromatic heterocycles. The number of halogens is 1. The van der Waals surface area contributed by atoms with Crippen LogP contribution in [0.3, 0.4) is 0 Å². The summed E-state index contributed by atoms with van der Waals surface area (Å²) >= 11 is 0. The molecule has 1 heterocycles. The summed E-state index contributed by atoms with van der Waals surface area (Å²) in [6, 6.07) is 16.5. The van der Waals surface area contributed by atoms with Gasteiger partial charge in [-0.25, -0.2) is 14.4 Å². The Morgan fingerprint density at radius 3 is 2.42 bits per heavy atom. The SMILES string of the molecule is Cc1nc(NCc2ccccc2C)cc(Nc2ccccc2F)n1. The smallest absolute Gasteiger partial charge is 0.146 e. The van der Waals surface area contributed by atoms with Crippen molar-refractivity contribution in [2.75, 3.05) is 10.6 Å². The van der Waals surface area contributed by atoms with E-state index in [2.05, 4.69) is 39.7 Å². The van der Waals surface area contributed by atoms with E-state index in [1.165, 1.54) is 17.2 Å². The van der Waals surface area contributed by atoms with Crippen molar-refractivity contribution in [2.24, 2.45) is 0 Å². The van der Waals surface area contributed by atoms with Gasteiger partial charge in [-0.1, -0.05) is 36.4 Å². The van der Waals surface area contributed by atoms with Gasteiger partial charge in [-0.2, -0.15) is 0 Å². The van der Waals surface area contributed by atoms with Crippen molar-refractivity contribution in [1.29, 1.82) is 0 Å². The standard InChI is InChI=1S/C19H19FN4/c1-13-7-3-4-8-15(13)12-21-18-11-19(23-14(2)22-18)24-17-10-6-5-9-16(17)20/h3-11H,12H2,1-2H3,(H2,21,22,23,24). The van der Waals surface area contributed by atoms with Crippen LogP contribution in [0.4, 0.5) is 21.7 Å². The van der Waals surface area contributed by atoms with Crippen LogP contribution in [0, 0.1) is 19.7 Å². The number of rotatable bonds is 5. The van der Waals surface area contributed by atoms with E-state index in [-0.39, 0.29) is 5.82 Å². The van der Waals surface area contributed by atoms with E-state index in [0.29, 0.717) is 29.7 Å². The molecule has 2 aromatic carbocycles. The van der Waals surface area contributed by atoms with E-state index >= 15 is 0 Å². The van der Waals surface area contributed by atoms with Gasteiger partial charge >= 0.3 is 0 Å². The molecule has 0 saturated heterocycles. The zero-order chi connectivity index (χ0) is 16.9. The van der Waals surface area contributed by atoms with Crippen LogP contribution >= 0.6 is 0 Å². The Kier molecular flexibility index (Phi) is 4.70. The summed E-state index contributed by atoms with van der Waals surface area (Å²) in [7, 11) is 0. The third-order valence-electron chi connectivity index (χ3n) is 3.70. The molecular formula is C19H19FN4. The van der Waals surface area contributed by atoms with Gasteiger partial charge in [-0.05, 0) is 37.1 Å². The van der Waals surface area contributed by atoms with Crippen molar-refractivity contribution in [2.45, 2.75) is 20.4 Å². The Morgan fingerprint density at radius 1 is 0.917 bits per heavy atom. The minimum absolute atomic E-state index is 0.316. The minimum Gasteiger partial charge on any atom is -0.366 e. The normalized spacial score (nSPS) is 10.5. The number of aromatic nitrogens is 2. The van der Waals surface area contributed by atoms with Crippen LogP contribution in [0.15, 0.2) is 54.6 Å². The first-order chi connectivity index (χ1) is 11.6. The van der Waals surface area contributed by atoms with Crippen LogP contribution in [0.5, 0.6) is 0 Å². The zero-order valence-corrected chi connectivity index (χ0v) is 13.7. The molecule has 3 aromatic rings. The molecular weight excluding hydrogens is 303 g/mol. The number of nitrogens with one attached hydrogen (secondary N) is 2. The van der Waals surface area contributed by atoms with Crippen molar-refractivity contribution < 1.29 is 4.39 Å². The summed E-state index contributed by atoms with van der Waals surface area (Å²) < 4.78 is 13.8. The highest BCUT2D eigenvalue weighted by molar-refractivity contribution is 5.59. The number of aryl methyl sites for hydroxylation is 2. The quantitative estimate of drug-likeness (QED) is 0.721. The maximum atomic E-state index is 13.8. The summed E-state index contributed by atoms with van der Waals surface area (Å²) in [4.78, 5) is 8.70. The maximum Gasteiger partial charge on any atom is 0.146 e. The lowest BCUT2D eigenvalue weighted by Gasteiger charge is -2.11. The molecule has 3 rings (SSSR count). The molecule has 0 unspecified atom stereocenters.